The SMILES string of the molecule is Cc1cc(C)c2c(c1C)OC[C@H]2c1ccccc1. The van der Waals surface area contributed by atoms with Crippen molar-refractivity contribution in [3.63, 3.8) is 0 Å². The van der Waals surface area contributed by atoms with Crippen molar-refractivity contribution in [2.75, 3.05) is 6.61 Å². The van der Waals surface area contributed by atoms with Crippen molar-refractivity contribution in [2.45, 2.75) is 26.7 Å². The lowest BCUT2D eigenvalue weighted by atomic mass is 9.88. The Morgan fingerprint density at radius 3 is 2.44 bits per heavy atom. The predicted octanol–water partition coefficient (Wildman–Crippen LogP) is 4.14. The molecule has 0 saturated carbocycles. The highest BCUT2D eigenvalue weighted by molar-refractivity contribution is 5.56. The second kappa shape index (κ2) is 4.16. The monoisotopic (exact) mass is 238 g/mol. The maximum Gasteiger partial charge on any atom is 0.126 e. The van der Waals surface area contributed by atoms with Crippen LogP contribution in [0.15, 0.2) is 36.4 Å². The second-order valence-corrected chi connectivity index (χ2v) is 5.15. The minimum absolute atomic E-state index is 0.389. The van der Waals surface area contributed by atoms with E-state index in [1.165, 1.54) is 27.8 Å². The Labute approximate surface area is 108 Å². The number of rotatable bonds is 1. The van der Waals surface area contributed by atoms with Crippen LogP contribution in [0.5, 0.6) is 5.75 Å². The number of fused-ring (bicyclic) bond motifs is 1. The summed E-state index contributed by atoms with van der Waals surface area (Å²) in [6, 6.07) is 12.9. The van der Waals surface area contributed by atoms with Crippen molar-refractivity contribution in [3.05, 3.63) is 64.2 Å². The molecule has 1 atom stereocenters. The second-order valence-electron chi connectivity index (χ2n) is 5.15. The zero-order chi connectivity index (χ0) is 12.7. The number of ether oxygens (including phenoxy) is 1. The van der Waals surface area contributed by atoms with Gasteiger partial charge >= 0.3 is 0 Å². The molecule has 0 N–H and O–H groups in total. The Bertz CT molecular complexity index is 584. The van der Waals surface area contributed by atoms with Gasteiger partial charge in [0.25, 0.3) is 0 Å². The first kappa shape index (κ1) is 11.3. The lowest BCUT2D eigenvalue weighted by molar-refractivity contribution is 0.341. The van der Waals surface area contributed by atoms with E-state index in [9.17, 15) is 0 Å². The molecule has 1 heterocycles. The normalized spacial score (nSPS) is 17.4. The van der Waals surface area contributed by atoms with Gasteiger partial charge in [0, 0.05) is 11.5 Å². The van der Waals surface area contributed by atoms with Crippen molar-refractivity contribution in [2.24, 2.45) is 0 Å². The molecule has 1 aliphatic rings. The summed E-state index contributed by atoms with van der Waals surface area (Å²) in [6.45, 7) is 7.27. The van der Waals surface area contributed by atoms with Crippen LogP contribution in [0.3, 0.4) is 0 Å². The van der Waals surface area contributed by atoms with Crippen LogP contribution in [0.25, 0.3) is 0 Å². The summed E-state index contributed by atoms with van der Waals surface area (Å²) in [5.41, 5.74) is 6.68. The van der Waals surface area contributed by atoms with Crippen LogP contribution in [0, 0.1) is 20.8 Å². The topological polar surface area (TPSA) is 9.23 Å². The van der Waals surface area contributed by atoms with E-state index in [0.717, 1.165) is 12.4 Å². The molecular formula is C17H18O. The highest BCUT2D eigenvalue weighted by Crippen LogP contribution is 2.43. The largest absolute Gasteiger partial charge is 0.492 e. The minimum atomic E-state index is 0.389. The molecule has 0 spiro atoms. The first-order valence-electron chi connectivity index (χ1n) is 6.47. The Morgan fingerprint density at radius 1 is 1.00 bits per heavy atom. The zero-order valence-electron chi connectivity index (χ0n) is 11.2. The third-order valence-corrected chi connectivity index (χ3v) is 3.98. The van der Waals surface area contributed by atoms with Crippen molar-refractivity contribution in [3.8, 4) is 5.75 Å². The Balaban J connectivity index is 2.15. The molecular weight excluding hydrogens is 220 g/mol. The van der Waals surface area contributed by atoms with Crippen LogP contribution < -0.4 is 4.74 Å². The van der Waals surface area contributed by atoms with Crippen LogP contribution >= 0.6 is 0 Å². The lowest BCUT2D eigenvalue weighted by Crippen LogP contribution is -2.03. The molecule has 0 radical (unpaired) electrons. The van der Waals surface area contributed by atoms with Crippen molar-refractivity contribution in [1.29, 1.82) is 0 Å². The fourth-order valence-corrected chi connectivity index (χ4v) is 2.89. The molecule has 2 aromatic rings. The molecule has 1 nitrogen and oxygen atoms in total. The average molecular weight is 238 g/mol. The molecule has 2 aromatic carbocycles. The first-order valence-corrected chi connectivity index (χ1v) is 6.47. The molecule has 1 aliphatic heterocycles. The molecule has 0 saturated heterocycles. The van der Waals surface area contributed by atoms with Gasteiger partial charge < -0.3 is 4.74 Å². The Hall–Kier alpha value is -1.76. The third kappa shape index (κ3) is 1.62. The average Bonchev–Trinajstić information content (AvgIpc) is 2.82. The van der Waals surface area contributed by atoms with Gasteiger partial charge in [0.15, 0.2) is 0 Å². The Morgan fingerprint density at radius 2 is 1.72 bits per heavy atom. The quantitative estimate of drug-likeness (QED) is 0.725. The fraction of sp³-hybridized carbons (Fsp3) is 0.294. The Kier molecular flexibility index (Phi) is 2.62. The molecule has 92 valence electrons. The van der Waals surface area contributed by atoms with Gasteiger partial charge in [0.05, 0.1) is 6.61 Å². The molecule has 0 bridgehead atoms. The summed E-state index contributed by atoms with van der Waals surface area (Å²) in [7, 11) is 0. The first-order chi connectivity index (χ1) is 8.68. The van der Waals surface area contributed by atoms with Crippen molar-refractivity contribution >= 4 is 0 Å². The van der Waals surface area contributed by atoms with E-state index >= 15 is 0 Å². The molecule has 18 heavy (non-hydrogen) atoms. The van der Waals surface area contributed by atoms with Gasteiger partial charge in [-0.2, -0.15) is 0 Å². The zero-order valence-corrected chi connectivity index (χ0v) is 11.2. The lowest BCUT2D eigenvalue weighted by Gasteiger charge is -2.13. The van der Waals surface area contributed by atoms with Crippen molar-refractivity contribution in [1.82, 2.24) is 0 Å². The van der Waals surface area contributed by atoms with Crippen LogP contribution in [-0.4, -0.2) is 6.61 Å². The van der Waals surface area contributed by atoms with Gasteiger partial charge in [-0.25, -0.2) is 0 Å². The van der Waals surface area contributed by atoms with Gasteiger partial charge in [-0.3, -0.25) is 0 Å². The van der Waals surface area contributed by atoms with E-state index in [1.807, 2.05) is 0 Å². The summed E-state index contributed by atoms with van der Waals surface area (Å²) in [5, 5.41) is 0. The standard InChI is InChI=1S/C17H18O/c1-11-9-12(2)16-15(10-18-17(16)13(11)3)14-7-5-4-6-8-14/h4-9,15H,10H2,1-3H3/t15-/m0/s1. The van der Waals surface area contributed by atoms with E-state index in [2.05, 4.69) is 57.2 Å². The van der Waals surface area contributed by atoms with Crippen LogP contribution in [0.1, 0.15) is 33.7 Å². The molecule has 0 aliphatic carbocycles. The van der Waals surface area contributed by atoms with Crippen LogP contribution in [-0.2, 0) is 0 Å². The van der Waals surface area contributed by atoms with E-state index in [0.29, 0.717) is 5.92 Å². The number of benzene rings is 2. The molecule has 0 fully saturated rings. The molecule has 0 aromatic heterocycles. The van der Waals surface area contributed by atoms with Gasteiger partial charge in [-0.1, -0.05) is 36.4 Å². The van der Waals surface area contributed by atoms with Gasteiger partial charge in [-0.15, -0.1) is 0 Å². The summed E-state index contributed by atoms with van der Waals surface area (Å²) in [6.07, 6.45) is 0. The summed E-state index contributed by atoms with van der Waals surface area (Å²) in [4.78, 5) is 0. The fourth-order valence-electron chi connectivity index (χ4n) is 2.89. The van der Waals surface area contributed by atoms with E-state index < -0.39 is 0 Å². The van der Waals surface area contributed by atoms with Crippen LogP contribution in [0.2, 0.25) is 0 Å². The molecule has 1 heteroatoms. The van der Waals surface area contributed by atoms with Crippen LogP contribution in [0.4, 0.5) is 0 Å². The number of hydrogen-bond donors (Lipinski definition) is 0. The summed E-state index contributed by atoms with van der Waals surface area (Å²) >= 11 is 0. The van der Waals surface area contributed by atoms with Gasteiger partial charge in [0.2, 0.25) is 0 Å². The smallest absolute Gasteiger partial charge is 0.126 e. The predicted molar refractivity (Wildman–Crippen MR) is 74.4 cm³/mol. The van der Waals surface area contributed by atoms with E-state index in [1.54, 1.807) is 0 Å². The van der Waals surface area contributed by atoms with E-state index in [-0.39, 0.29) is 0 Å². The minimum Gasteiger partial charge on any atom is -0.492 e. The molecule has 0 unspecified atom stereocenters. The summed E-state index contributed by atoms with van der Waals surface area (Å²) < 4.78 is 5.96. The maximum absolute atomic E-state index is 5.96. The third-order valence-electron chi connectivity index (χ3n) is 3.98. The molecule has 0 amide bonds. The molecule has 3 rings (SSSR count). The van der Waals surface area contributed by atoms with Gasteiger partial charge in [0.1, 0.15) is 5.75 Å². The number of aryl methyl sites for hydroxylation is 2. The van der Waals surface area contributed by atoms with Crippen molar-refractivity contribution < 1.29 is 4.74 Å². The highest BCUT2D eigenvalue weighted by atomic mass is 16.5. The van der Waals surface area contributed by atoms with E-state index in [4.69, 9.17) is 4.74 Å². The van der Waals surface area contributed by atoms with Gasteiger partial charge in [-0.05, 0) is 43.0 Å². The maximum atomic E-state index is 5.96. The highest BCUT2D eigenvalue weighted by Gasteiger charge is 2.29. The number of hydrogen-bond acceptors (Lipinski definition) is 1. The summed E-state index contributed by atoms with van der Waals surface area (Å²) in [5.74, 6) is 1.50.